The second-order valence-corrected chi connectivity index (χ2v) is 4.97. The molecular weight excluding hydrogens is 278 g/mol. The molecule has 6 nitrogen and oxygen atoms in total. The van der Waals surface area contributed by atoms with Crippen molar-refractivity contribution in [2.75, 3.05) is 26.5 Å². The van der Waals surface area contributed by atoms with E-state index in [9.17, 15) is 4.79 Å². The molecular formula is C13H18ClN5O. The number of rotatable bonds is 5. The van der Waals surface area contributed by atoms with Crippen LogP contribution >= 0.6 is 11.6 Å². The summed E-state index contributed by atoms with van der Waals surface area (Å²) < 4.78 is 2.01. The van der Waals surface area contributed by atoms with Crippen LogP contribution < -0.4 is 5.32 Å². The summed E-state index contributed by atoms with van der Waals surface area (Å²) in [6.45, 7) is 1.15. The summed E-state index contributed by atoms with van der Waals surface area (Å²) in [5, 5.41) is 2.83. The molecule has 0 radical (unpaired) electrons. The van der Waals surface area contributed by atoms with Crippen molar-refractivity contribution < 1.29 is 4.79 Å². The molecule has 0 fully saturated rings. The van der Waals surface area contributed by atoms with E-state index in [0.717, 1.165) is 17.0 Å². The van der Waals surface area contributed by atoms with Crippen molar-refractivity contribution in [3.63, 3.8) is 0 Å². The number of urea groups is 1. The lowest BCUT2D eigenvalue weighted by Crippen LogP contribution is -2.36. The summed E-state index contributed by atoms with van der Waals surface area (Å²) in [6.07, 6.45) is 2.42. The normalized spacial score (nSPS) is 10.8. The average molecular weight is 296 g/mol. The van der Waals surface area contributed by atoms with Crippen molar-refractivity contribution in [3.8, 4) is 0 Å². The molecule has 20 heavy (non-hydrogen) atoms. The second kappa shape index (κ2) is 6.56. The van der Waals surface area contributed by atoms with Crippen LogP contribution in [0.25, 0.3) is 11.2 Å². The number of carbonyl (C=O) groups excluding carboxylic acids is 1. The second-order valence-electron chi connectivity index (χ2n) is 4.59. The number of halogens is 1. The highest BCUT2D eigenvalue weighted by atomic mass is 35.5. The largest absolute Gasteiger partial charge is 0.336 e. The summed E-state index contributed by atoms with van der Waals surface area (Å²) in [6, 6.07) is 3.67. The maximum absolute atomic E-state index is 11.5. The van der Waals surface area contributed by atoms with Crippen molar-refractivity contribution in [3.05, 3.63) is 24.2 Å². The first-order valence-corrected chi connectivity index (χ1v) is 6.98. The van der Waals surface area contributed by atoms with Crippen LogP contribution in [0.5, 0.6) is 0 Å². The molecule has 2 rings (SSSR count). The van der Waals surface area contributed by atoms with E-state index < -0.39 is 0 Å². The van der Waals surface area contributed by atoms with E-state index >= 15 is 0 Å². The Hall–Kier alpha value is -1.82. The summed E-state index contributed by atoms with van der Waals surface area (Å²) in [5.41, 5.74) is 1.68. The summed E-state index contributed by atoms with van der Waals surface area (Å²) >= 11 is 5.81. The molecule has 2 heterocycles. The van der Waals surface area contributed by atoms with E-state index in [1.54, 1.807) is 20.3 Å². The van der Waals surface area contributed by atoms with Gasteiger partial charge in [0.15, 0.2) is 5.65 Å². The first-order chi connectivity index (χ1) is 9.63. The van der Waals surface area contributed by atoms with E-state index in [-0.39, 0.29) is 6.03 Å². The fourth-order valence-corrected chi connectivity index (χ4v) is 2.12. The molecule has 0 aliphatic carbocycles. The highest BCUT2D eigenvalue weighted by Gasteiger charge is 2.11. The number of amides is 2. The van der Waals surface area contributed by atoms with Crippen LogP contribution in [-0.4, -0.2) is 52.0 Å². The zero-order chi connectivity index (χ0) is 14.5. The van der Waals surface area contributed by atoms with Crippen LogP contribution in [0.4, 0.5) is 4.79 Å². The van der Waals surface area contributed by atoms with Crippen molar-refractivity contribution in [2.45, 2.75) is 13.0 Å². The Bertz CT molecular complexity index is 595. The van der Waals surface area contributed by atoms with Gasteiger partial charge >= 0.3 is 6.03 Å². The van der Waals surface area contributed by atoms with Gasteiger partial charge in [0, 0.05) is 45.7 Å². The van der Waals surface area contributed by atoms with Crippen molar-refractivity contribution >= 4 is 28.8 Å². The quantitative estimate of drug-likeness (QED) is 0.850. The molecule has 0 aliphatic heterocycles. The van der Waals surface area contributed by atoms with Gasteiger partial charge in [-0.25, -0.2) is 14.8 Å². The maximum atomic E-state index is 11.5. The first kappa shape index (κ1) is 14.6. The van der Waals surface area contributed by atoms with Gasteiger partial charge < -0.3 is 14.8 Å². The minimum atomic E-state index is -0.110. The molecule has 1 N–H and O–H groups in total. The zero-order valence-electron chi connectivity index (χ0n) is 11.6. The molecule has 2 aromatic rings. The standard InChI is InChI=1S/C13H18ClN5O/c1-18(2)13(20)16-8-9-19-11(5-6-14)17-10-4-3-7-15-12(10)19/h3-4,7H,5-6,8-9H2,1-2H3,(H,16,20). The summed E-state index contributed by atoms with van der Waals surface area (Å²) in [7, 11) is 3.42. The topological polar surface area (TPSA) is 63.1 Å². The van der Waals surface area contributed by atoms with E-state index in [2.05, 4.69) is 15.3 Å². The molecule has 2 aromatic heterocycles. The molecule has 0 saturated heterocycles. The van der Waals surface area contributed by atoms with Crippen LogP contribution in [0.15, 0.2) is 18.3 Å². The minimum Gasteiger partial charge on any atom is -0.336 e. The van der Waals surface area contributed by atoms with Gasteiger partial charge in [-0.2, -0.15) is 0 Å². The van der Waals surface area contributed by atoms with Gasteiger partial charge in [-0.3, -0.25) is 0 Å². The molecule has 0 aromatic carbocycles. The number of nitrogens with zero attached hydrogens (tertiary/aromatic N) is 4. The van der Waals surface area contributed by atoms with E-state index in [1.807, 2.05) is 16.7 Å². The summed E-state index contributed by atoms with van der Waals surface area (Å²) in [4.78, 5) is 21.9. The third-order valence-corrected chi connectivity index (χ3v) is 3.11. The molecule has 0 atom stereocenters. The highest BCUT2D eigenvalue weighted by Crippen LogP contribution is 2.14. The number of aryl methyl sites for hydroxylation is 1. The first-order valence-electron chi connectivity index (χ1n) is 6.44. The van der Waals surface area contributed by atoms with E-state index in [0.29, 0.717) is 25.4 Å². The Kier molecular flexibility index (Phi) is 4.79. The SMILES string of the molecule is CN(C)C(=O)NCCn1c(CCCl)nc2cccnc21. The highest BCUT2D eigenvalue weighted by molar-refractivity contribution is 6.17. The Morgan fingerprint density at radius 2 is 2.30 bits per heavy atom. The van der Waals surface area contributed by atoms with Crippen LogP contribution in [0.1, 0.15) is 5.82 Å². The van der Waals surface area contributed by atoms with Crippen molar-refractivity contribution in [2.24, 2.45) is 0 Å². The molecule has 0 saturated carbocycles. The van der Waals surface area contributed by atoms with E-state index in [4.69, 9.17) is 11.6 Å². The Morgan fingerprint density at radius 3 is 3.00 bits per heavy atom. The number of imidazole rings is 1. The van der Waals surface area contributed by atoms with Gasteiger partial charge in [0.05, 0.1) is 0 Å². The smallest absolute Gasteiger partial charge is 0.316 e. The number of hydrogen-bond donors (Lipinski definition) is 1. The van der Waals surface area contributed by atoms with Crippen LogP contribution in [0, 0.1) is 0 Å². The van der Waals surface area contributed by atoms with Gasteiger partial charge in [0.2, 0.25) is 0 Å². The number of carbonyl (C=O) groups is 1. The lowest BCUT2D eigenvalue weighted by molar-refractivity contribution is 0.217. The Morgan fingerprint density at radius 1 is 1.50 bits per heavy atom. The van der Waals surface area contributed by atoms with E-state index in [1.165, 1.54) is 4.90 Å². The van der Waals surface area contributed by atoms with Crippen molar-refractivity contribution in [1.29, 1.82) is 0 Å². The lowest BCUT2D eigenvalue weighted by atomic mass is 10.4. The molecule has 108 valence electrons. The molecule has 0 bridgehead atoms. The maximum Gasteiger partial charge on any atom is 0.316 e. The van der Waals surface area contributed by atoms with Crippen LogP contribution in [0.2, 0.25) is 0 Å². The minimum absolute atomic E-state index is 0.110. The predicted octanol–water partition coefficient (Wildman–Crippen LogP) is 1.48. The molecule has 7 heteroatoms. The molecule has 0 unspecified atom stereocenters. The van der Waals surface area contributed by atoms with Gasteiger partial charge in [-0.1, -0.05) is 0 Å². The zero-order valence-corrected chi connectivity index (χ0v) is 12.4. The Balaban J connectivity index is 2.14. The number of aromatic nitrogens is 3. The number of pyridine rings is 1. The summed E-state index contributed by atoms with van der Waals surface area (Å²) in [5.74, 6) is 1.40. The average Bonchev–Trinajstić information content (AvgIpc) is 2.77. The predicted molar refractivity (Wildman–Crippen MR) is 79.0 cm³/mol. The fraction of sp³-hybridized carbons (Fsp3) is 0.462. The number of alkyl halides is 1. The van der Waals surface area contributed by atoms with Gasteiger partial charge in [-0.05, 0) is 12.1 Å². The van der Waals surface area contributed by atoms with Gasteiger partial charge in [0.1, 0.15) is 11.3 Å². The van der Waals surface area contributed by atoms with Crippen LogP contribution in [-0.2, 0) is 13.0 Å². The number of fused-ring (bicyclic) bond motifs is 1. The van der Waals surface area contributed by atoms with Gasteiger partial charge in [-0.15, -0.1) is 11.6 Å². The molecule has 2 amide bonds. The van der Waals surface area contributed by atoms with Crippen LogP contribution in [0.3, 0.4) is 0 Å². The number of nitrogens with one attached hydrogen (secondary N) is 1. The van der Waals surface area contributed by atoms with Gasteiger partial charge in [0.25, 0.3) is 0 Å². The molecule has 0 aliphatic rings. The monoisotopic (exact) mass is 295 g/mol. The third-order valence-electron chi connectivity index (χ3n) is 2.92. The molecule has 0 spiro atoms. The third kappa shape index (κ3) is 3.19. The van der Waals surface area contributed by atoms with Crippen molar-refractivity contribution in [1.82, 2.24) is 24.8 Å². The fourth-order valence-electron chi connectivity index (χ4n) is 1.95. The lowest BCUT2D eigenvalue weighted by Gasteiger charge is -2.13. The number of hydrogen-bond acceptors (Lipinski definition) is 3. The Labute approximate surface area is 122 Å².